The number of nitrogens with zero attached hydrogens (tertiary/aromatic N) is 3. The van der Waals surface area contributed by atoms with Gasteiger partial charge in [-0.25, -0.2) is 0 Å². The number of aromatic nitrogens is 1. The van der Waals surface area contributed by atoms with Crippen LogP contribution in [0.15, 0.2) is 48.8 Å². The van der Waals surface area contributed by atoms with Gasteiger partial charge in [0.05, 0.1) is 17.4 Å². The molecule has 3 rings (SSSR count). The van der Waals surface area contributed by atoms with Gasteiger partial charge in [-0.15, -0.1) is 0 Å². The summed E-state index contributed by atoms with van der Waals surface area (Å²) in [5.74, 6) is -0.0964. The van der Waals surface area contributed by atoms with Crippen molar-refractivity contribution >= 4 is 23.2 Å². The Kier molecular flexibility index (Phi) is 3.63. The van der Waals surface area contributed by atoms with Crippen LogP contribution in [-0.4, -0.2) is 29.4 Å². The topological polar surface area (TPSA) is 53.5 Å². The van der Waals surface area contributed by atoms with Gasteiger partial charge in [-0.3, -0.25) is 14.6 Å². The molecule has 1 unspecified atom stereocenters. The Morgan fingerprint density at radius 1 is 1.09 bits per heavy atom. The molecule has 0 saturated carbocycles. The van der Waals surface area contributed by atoms with E-state index in [0.717, 1.165) is 11.4 Å². The molecule has 2 aromatic rings. The molecule has 0 radical (unpaired) electrons. The maximum Gasteiger partial charge on any atom is 0.258 e. The fraction of sp³-hybridized carbons (Fsp3) is 0.235. The van der Waals surface area contributed by atoms with Crippen LogP contribution < -0.4 is 9.80 Å². The third-order valence-electron chi connectivity index (χ3n) is 3.83. The second-order valence-electron chi connectivity index (χ2n) is 5.38. The van der Waals surface area contributed by atoms with Crippen molar-refractivity contribution in [3.63, 3.8) is 0 Å². The third kappa shape index (κ3) is 2.35. The summed E-state index contributed by atoms with van der Waals surface area (Å²) in [7, 11) is 0. The van der Waals surface area contributed by atoms with Crippen LogP contribution in [0.5, 0.6) is 0 Å². The Labute approximate surface area is 129 Å². The minimum Gasteiger partial charge on any atom is -0.306 e. The van der Waals surface area contributed by atoms with Gasteiger partial charge in [0, 0.05) is 31.4 Å². The van der Waals surface area contributed by atoms with Gasteiger partial charge in [0.15, 0.2) is 0 Å². The first-order valence-corrected chi connectivity index (χ1v) is 7.20. The Morgan fingerprint density at radius 3 is 2.36 bits per heavy atom. The first-order chi connectivity index (χ1) is 10.6. The summed E-state index contributed by atoms with van der Waals surface area (Å²) < 4.78 is 0. The minimum atomic E-state index is -0.0788. The molecular formula is C17H17N3O2. The molecule has 0 bridgehead atoms. The first kappa shape index (κ1) is 14.3. The Morgan fingerprint density at radius 2 is 1.73 bits per heavy atom. The fourth-order valence-electron chi connectivity index (χ4n) is 2.90. The van der Waals surface area contributed by atoms with E-state index in [0.29, 0.717) is 12.1 Å². The summed E-state index contributed by atoms with van der Waals surface area (Å²) >= 11 is 0. The third-order valence-corrected chi connectivity index (χ3v) is 3.83. The van der Waals surface area contributed by atoms with Crippen molar-refractivity contribution in [2.75, 3.05) is 16.3 Å². The zero-order valence-electron chi connectivity index (χ0n) is 12.6. The average molecular weight is 295 g/mol. The summed E-state index contributed by atoms with van der Waals surface area (Å²) in [6.07, 6.45) is 3.21. The maximum absolute atomic E-state index is 12.8. The van der Waals surface area contributed by atoms with Crippen molar-refractivity contribution in [2.24, 2.45) is 0 Å². The van der Waals surface area contributed by atoms with E-state index in [1.54, 1.807) is 41.2 Å². The van der Waals surface area contributed by atoms with E-state index in [1.165, 1.54) is 0 Å². The number of benzene rings is 1. The lowest BCUT2D eigenvalue weighted by molar-refractivity contribution is -0.117. The number of amides is 2. The van der Waals surface area contributed by atoms with Gasteiger partial charge in [-0.05, 0) is 31.2 Å². The van der Waals surface area contributed by atoms with Crippen LogP contribution in [0, 0.1) is 0 Å². The molecule has 5 heteroatoms. The molecule has 22 heavy (non-hydrogen) atoms. The zero-order valence-corrected chi connectivity index (χ0v) is 12.6. The molecule has 1 aliphatic rings. The summed E-state index contributed by atoms with van der Waals surface area (Å²) in [5.41, 5.74) is 2.13. The van der Waals surface area contributed by atoms with Crippen LogP contribution in [0.4, 0.5) is 11.4 Å². The lowest BCUT2D eigenvalue weighted by Gasteiger charge is -2.40. The number of hydrogen-bond donors (Lipinski definition) is 0. The normalized spacial score (nSPS) is 17.1. The molecule has 0 N–H and O–H groups in total. The van der Waals surface area contributed by atoms with E-state index < -0.39 is 0 Å². The Balaban J connectivity index is 2.05. The van der Waals surface area contributed by atoms with E-state index >= 15 is 0 Å². The zero-order chi connectivity index (χ0) is 15.7. The molecule has 2 amide bonds. The second-order valence-corrected chi connectivity index (χ2v) is 5.38. The van der Waals surface area contributed by atoms with Gasteiger partial charge >= 0.3 is 0 Å². The molecule has 1 atom stereocenters. The number of carbonyl (C=O) groups is 2. The quantitative estimate of drug-likeness (QED) is 0.812. The highest BCUT2D eigenvalue weighted by molar-refractivity contribution is 6.10. The number of para-hydroxylation sites is 2. The van der Waals surface area contributed by atoms with Crippen LogP contribution >= 0.6 is 0 Å². The van der Waals surface area contributed by atoms with Crippen molar-refractivity contribution in [1.82, 2.24) is 4.98 Å². The molecule has 5 nitrogen and oxygen atoms in total. The van der Waals surface area contributed by atoms with E-state index in [1.807, 2.05) is 31.2 Å². The van der Waals surface area contributed by atoms with Crippen LogP contribution in [0.3, 0.4) is 0 Å². The van der Waals surface area contributed by atoms with Crippen LogP contribution in [0.1, 0.15) is 24.2 Å². The molecule has 1 aliphatic heterocycles. The number of fused-ring (bicyclic) bond motifs is 1. The maximum atomic E-state index is 12.8. The van der Waals surface area contributed by atoms with Crippen molar-refractivity contribution in [3.8, 4) is 0 Å². The predicted molar refractivity (Wildman–Crippen MR) is 85.0 cm³/mol. The van der Waals surface area contributed by atoms with Crippen LogP contribution in [0.25, 0.3) is 0 Å². The highest BCUT2D eigenvalue weighted by Crippen LogP contribution is 2.36. The lowest BCUT2D eigenvalue weighted by atomic mass is 10.1. The summed E-state index contributed by atoms with van der Waals surface area (Å²) in [4.78, 5) is 32.1. The average Bonchev–Trinajstić information content (AvgIpc) is 2.53. The second kappa shape index (κ2) is 5.60. The van der Waals surface area contributed by atoms with Gasteiger partial charge < -0.3 is 9.80 Å². The number of rotatable bonds is 1. The molecule has 1 aromatic heterocycles. The minimum absolute atomic E-state index is 0.0176. The van der Waals surface area contributed by atoms with E-state index in [4.69, 9.17) is 0 Å². The fourth-order valence-corrected chi connectivity index (χ4v) is 2.90. The van der Waals surface area contributed by atoms with E-state index in [2.05, 4.69) is 4.98 Å². The summed E-state index contributed by atoms with van der Waals surface area (Å²) in [6.45, 7) is 3.97. The molecule has 0 aliphatic carbocycles. The standard InChI is InChI=1S/C17H17N3O2/c1-12-11-19(17(22)14-7-9-18-10-8-14)15-5-3-4-6-16(15)20(12)13(2)21/h3-10,12H,11H2,1-2H3. The van der Waals surface area contributed by atoms with Crippen molar-refractivity contribution in [3.05, 3.63) is 54.4 Å². The van der Waals surface area contributed by atoms with Gasteiger partial charge in [-0.1, -0.05) is 12.1 Å². The number of carbonyl (C=O) groups excluding carboxylic acids is 2. The smallest absolute Gasteiger partial charge is 0.258 e. The summed E-state index contributed by atoms with van der Waals surface area (Å²) in [5, 5.41) is 0. The van der Waals surface area contributed by atoms with E-state index in [-0.39, 0.29) is 17.9 Å². The van der Waals surface area contributed by atoms with Gasteiger partial charge in [0.2, 0.25) is 5.91 Å². The van der Waals surface area contributed by atoms with Crippen molar-refractivity contribution in [2.45, 2.75) is 19.9 Å². The molecule has 0 fully saturated rings. The van der Waals surface area contributed by atoms with Gasteiger partial charge in [0.25, 0.3) is 5.91 Å². The molecule has 0 saturated heterocycles. The summed E-state index contributed by atoms with van der Waals surface area (Å²) in [6, 6.07) is 10.8. The molecule has 1 aromatic carbocycles. The lowest BCUT2D eigenvalue weighted by Crippen LogP contribution is -2.51. The first-order valence-electron chi connectivity index (χ1n) is 7.20. The largest absolute Gasteiger partial charge is 0.306 e. The van der Waals surface area contributed by atoms with Crippen molar-refractivity contribution in [1.29, 1.82) is 0 Å². The SMILES string of the molecule is CC(=O)N1c2ccccc2N(C(=O)c2ccncc2)CC1C. The Bertz CT molecular complexity index is 715. The molecular weight excluding hydrogens is 278 g/mol. The Hall–Kier alpha value is -2.69. The van der Waals surface area contributed by atoms with Gasteiger partial charge in [0.1, 0.15) is 0 Å². The predicted octanol–water partition coefficient (Wildman–Crippen LogP) is 2.48. The number of pyridine rings is 1. The molecule has 0 spiro atoms. The highest BCUT2D eigenvalue weighted by atomic mass is 16.2. The number of anilines is 2. The van der Waals surface area contributed by atoms with Gasteiger partial charge in [-0.2, -0.15) is 0 Å². The monoisotopic (exact) mass is 295 g/mol. The van der Waals surface area contributed by atoms with Crippen LogP contribution in [-0.2, 0) is 4.79 Å². The van der Waals surface area contributed by atoms with Crippen LogP contribution in [0.2, 0.25) is 0 Å². The van der Waals surface area contributed by atoms with Crippen molar-refractivity contribution < 1.29 is 9.59 Å². The van der Waals surface area contributed by atoms with E-state index in [9.17, 15) is 9.59 Å². The highest BCUT2D eigenvalue weighted by Gasteiger charge is 2.33. The molecule has 2 heterocycles. The molecule has 112 valence electrons. The number of hydrogen-bond acceptors (Lipinski definition) is 3.